The van der Waals surface area contributed by atoms with Crippen LogP contribution in [0.1, 0.15) is 35.4 Å². The number of hydrogen-bond donors (Lipinski definition) is 0. The van der Waals surface area contributed by atoms with Gasteiger partial charge in [-0.15, -0.1) is 10.2 Å². The van der Waals surface area contributed by atoms with Crippen molar-refractivity contribution in [1.29, 1.82) is 0 Å². The first-order valence-corrected chi connectivity index (χ1v) is 11.8. The van der Waals surface area contributed by atoms with Crippen LogP contribution in [-0.2, 0) is 30.1 Å². The van der Waals surface area contributed by atoms with Crippen molar-refractivity contribution >= 4 is 11.8 Å². The van der Waals surface area contributed by atoms with E-state index in [1.54, 1.807) is 11.8 Å². The van der Waals surface area contributed by atoms with Crippen molar-refractivity contribution in [2.75, 3.05) is 13.7 Å². The van der Waals surface area contributed by atoms with Gasteiger partial charge in [-0.05, 0) is 44.0 Å². The molecule has 3 aromatic rings. The molecule has 2 aromatic carbocycles. The summed E-state index contributed by atoms with van der Waals surface area (Å²) in [6.45, 7) is 4.46. The zero-order valence-corrected chi connectivity index (χ0v) is 19.2. The first-order chi connectivity index (χ1) is 15.5. The molecule has 170 valence electrons. The smallest absolute Gasteiger partial charge is 0.191 e. The number of nitrogens with zero attached hydrogens (tertiary/aromatic N) is 4. The molecule has 32 heavy (non-hydrogen) atoms. The van der Waals surface area contributed by atoms with Crippen LogP contribution in [0.5, 0.6) is 0 Å². The molecule has 0 radical (unpaired) electrons. The van der Waals surface area contributed by atoms with E-state index < -0.39 is 11.6 Å². The molecule has 0 spiro atoms. The Hall–Kier alpha value is -2.29. The van der Waals surface area contributed by atoms with Crippen molar-refractivity contribution in [3.63, 3.8) is 0 Å². The van der Waals surface area contributed by atoms with Gasteiger partial charge >= 0.3 is 0 Å². The summed E-state index contributed by atoms with van der Waals surface area (Å²) in [4.78, 5) is 1.96. The second-order valence-electron chi connectivity index (χ2n) is 8.27. The van der Waals surface area contributed by atoms with E-state index in [9.17, 15) is 8.78 Å². The first-order valence-electron chi connectivity index (χ1n) is 10.8. The van der Waals surface area contributed by atoms with Crippen molar-refractivity contribution in [2.24, 2.45) is 0 Å². The number of aromatic nitrogens is 3. The van der Waals surface area contributed by atoms with E-state index in [2.05, 4.69) is 39.9 Å². The molecule has 1 fully saturated rings. The molecule has 0 N–H and O–H groups in total. The molecule has 2 heterocycles. The lowest BCUT2D eigenvalue weighted by Crippen LogP contribution is -2.23. The average molecular weight is 459 g/mol. The van der Waals surface area contributed by atoms with Gasteiger partial charge in [-0.25, -0.2) is 8.78 Å². The predicted octanol–water partition coefficient (Wildman–Crippen LogP) is 4.97. The van der Waals surface area contributed by atoms with Crippen molar-refractivity contribution in [3.05, 3.63) is 76.6 Å². The van der Waals surface area contributed by atoms with Crippen molar-refractivity contribution in [2.45, 2.75) is 56.4 Å². The van der Waals surface area contributed by atoms with Gasteiger partial charge in [0.25, 0.3) is 0 Å². The summed E-state index contributed by atoms with van der Waals surface area (Å²) in [5.41, 5.74) is 2.98. The summed E-state index contributed by atoms with van der Waals surface area (Å²) in [5, 5.41) is 9.78. The second kappa shape index (κ2) is 10.6. The highest BCUT2D eigenvalue weighted by Gasteiger charge is 2.22. The SMILES string of the molecule is Cc1ccccc1CSc1nnc(CN(C)Cc2ccc(F)cc2F)n1C[C@@H]1CCCO1. The zero-order chi connectivity index (χ0) is 22.5. The fourth-order valence-electron chi connectivity index (χ4n) is 3.87. The van der Waals surface area contributed by atoms with Crippen LogP contribution in [0.2, 0.25) is 0 Å². The van der Waals surface area contributed by atoms with Crippen LogP contribution in [0.4, 0.5) is 8.78 Å². The maximum Gasteiger partial charge on any atom is 0.191 e. The first kappa shape index (κ1) is 22.9. The molecule has 8 heteroatoms. The molecule has 0 amide bonds. The van der Waals surface area contributed by atoms with Crippen LogP contribution in [0, 0.1) is 18.6 Å². The maximum absolute atomic E-state index is 14.1. The molecule has 0 bridgehead atoms. The highest BCUT2D eigenvalue weighted by atomic mass is 32.2. The Bertz CT molecular complexity index is 1050. The third kappa shape index (κ3) is 5.74. The van der Waals surface area contributed by atoms with Gasteiger partial charge in [-0.3, -0.25) is 4.90 Å². The van der Waals surface area contributed by atoms with E-state index in [0.717, 1.165) is 42.2 Å². The molecule has 0 saturated carbocycles. The van der Waals surface area contributed by atoms with Gasteiger partial charge in [-0.2, -0.15) is 0 Å². The van der Waals surface area contributed by atoms with E-state index >= 15 is 0 Å². The molecule has 1 aliphatic rings. The minimum Gasteiger partial charge on any atom is -0.376 e. The number of benzene rings is 2. The van der Waals surface area contributed by atoms with Crippen LogP contribution in [-0.4, -0.2) is 39.4 Å². The van der Waals surface area contributed by atoms with Crippen LogP contribution < -0.4 is 0 Å². The molecule has 5 nitrogen and oxygen atoms in total. The topological polar surface area (TPSA) is 43.2 Å². The average Bonchev–Trinajstić information content (AvgIpc) is 3.41. The summed E-state index contributed by atoms with van der Waals surface area (Å²) in [5.74, 6) is 0.526. The van der Waals surface area contributed by atoms with Gasteiger partial charge in [0.05, 0.1) is 19.2 Å². The largest absolute Gasteiger partial charge is 0.376 e. The van der Waals surface area contributed by atoms with E-state index in [1.165, 1.54) is 23.3 Å². The molecular formula is C24H28F2N4OS. The number of thioether (sulfide) groups is 1. The summed E-state index contributed by atoms with van der Waals surface area (Å²) in [6.07, 6.45) is 2.25. The van der Waals surface area contributed by atoms with Crippen LogP contribution in [0.3, 0.4) is 0 Å². The minimum atomic E-state index is -0.569. The number of hydrogen-bond acceptors (Lipinski definition) is 5. The summed E-state index contributed by atoms with van der Waals surface area (Å²) in [6, 6.07) is 12.0. The number of aryl methyl sites for hydroxylation is 1. The highest BCUT2D eigenvalue weighted by Crippen LogP contribution is 2.26. The third-order valence-corrected chi connectivity index (χ3v) is 6.70. The normalized spacial score (nSPS) is 16.2. The van der Waals surface area contributed by atoms with Gasteiger partial charge in [-0.1, -0.05) is 42.1 Å². The molecule has 0 aliphatic carbocycles. The van der Waals surface area contributed by atoms with Crippen molar-refractivity contribution in [1.82, 2.24) is 19.7 Å². The Kier molecular flexibility index (Phi) is 7.55. The number of ether oxygens (including phenoxy) is 1. The van der Waals surface area contributed by atoms with Gasteiger partial charge in [0.2, 0.25) is 0 Å². The van der Waals surface area contributed by atoms with E-state index in [4.69, 9.17) is 4.74 Å². The van der Waals surface area contributed by atoms with Gasteiger partial charge in [0, 0.05) is 30.5 Å². The highest BCUT2D eigenvalue weighted by molar-refractivity contribution is 7.98. The van der Waals surface area contributed by atoms with Crippen LogP contribution in [0.15, 0.2) is 47.6 Å². The molecule has 1 saturated heterocycles. The van der Waals surface area contributed by atoms with Gasteiger partial charge in [0.15, 0.2) is 5.16 Å². The number of halogens is 2. The van der Waals surface area contributed by atoms with E-state index in [0.29, 0.717) is 25.2 Å². The maximum atomic E-state index is 14.1. The second-order valence-corrected chi connectivity index (χ2v) is 9.21. The van der Waals surface area contributed by atoms with Crippen molar-refractivity contribution < 1.29 is 13.5 Å². The van der Waals surface area contributed by atoms with Crippen LogP contribution >= 0.6 is 11.8 Å². The quantitative estimate of drug-likeness (QED) is 0.424. The molecule has 1 aromatic heterocycles. The van der Waals surface area contributed by atoms with E-state index in [-0.39, 0.29) is 6.10 Å². The van der Waals surface area contributed by atoms with Crippen molar-refractivity contribution in [3.8, 4) is 0 Å². The summed E-state index contributed by atoms with van der Waals surface area (Å²) < 4.78 is 35.3. The fourth-order valence-corrected chi connectivity index (χ4v) is 4.91. The standard InChI is InChI=1S/C24H28F2N4OS/c1-17-6-3-4-7-19(17)16-32-24-28-27-23(30(24)14-21-8-5-11-31-21)15-29(2)13-18-9-10-20(25)12-22(18)26/h3-4,6-7,9-10,12,21H,5,8,11,13-16H2,1-2H3/t21-/m0/s1. The molecular weight excluding hydrogens is 430 g/mol. The summed E-state index contributed by atoms with van der Waals surface area (Å²) in [7, 11) is 1.90. The Morgan fingerprint density at radius 3 is 2.72 bits per heavy atom. The monoisotopic (exact) mass is 458 g/mol. The minimum absolute atomic E-state index is 0.155. The van der Waals surface area contributed by atoms with Gasteiger partial charge < -0.3 is 9.30 Å². The zero-order valence-electron chi connectivity index (χ0n) is 18.4. The lowest BCUT2D eigenvalue weighted by Gasteiger charge is -2.19. The van der Waals surface area contributed by atoms with Gasteiger partial charge in [0.1, 0.15) is 17.5 Å². The predicted molar refractivity (Wildman–Crippen MR) is 121 cm³/mol. The molecule has 1 atom stereocenters. The fraction of sp³-hybridized carbons (Fsp3) is 0.417. The lowest BCUT2D eigenvalue weighted by molar-refractivity contribution is 0.0934. The Balaban J connectivity index is 1.49. The summed E-state index contributed by atoms with van der Waals surface area (Å²) >= 11 is 1.67. The Morgan fingerprint density at radius 2 is 1.97 bits per heavy atom. The van der Waals surface area contributed by atoms with Crippen LogP contribution in [0.25, 0.3) is 0 Å². The van der Waals surface area contributed by atoms with E-state index in [1.807, 2.05) is 18.0 Å². The lowest BCUT2D eigenvalue weighted by atomic mass is 10.1. The molecule has 4 rings (SSSR count). The molecule has 0 unspecified atom stereocenters. The Morgan fingerprint density at radius 1 is 1.12 bits per heavy atom. The third-order valence-electron chi connectivity index (χ3n) is 5.69. The number of rotatable bonds is 9. The Labute approximate surface area is 191 Å². The molecule has 1 aliphatic heterocycles.